The highest BCUT2D eigenvalue weighted by Gasteiger charge is 2.28. The van der Waals surface area contributed by atoms with E-state index in [1.54, 1.807) is 40.9 Å². The molecule has 1 heterocycles. The van der Waals surface area contributed by atoms with E-state index in [9.17, 15) is 14.9 Å². The van der Waals surface area contributed by atoms with E-state index in [4.69, 9.17) is 14.2 Å². The van der Waals surface area contributed by atoms with Gasteiger partial charge in [0.15, 0.2) is 0 Å². The molecule has 9 nitrogen and oxygen atoms in total. The summed E-state index contributed by atoms with van der Waals surface area (Å²) in [4.78, 5) is 35.2. The molecule has 0 saturated heterocycles. The van der Waals surface area contributed by atoms with Gasteiger partial charge in [-0.1, -0.05) is 24.3 Å². The Labute approximate surface area is 210 Å². The van der Waals surface area contributed by atoms with Gasteiger partial charge in [-0.3, -0.25) is 4.90 Å². The molecule has 0 aliphatic heterocycles. The number of fused-ring (bicyclic) bond motifs is 1. The highest BCUT2D eigenvalue weighted by atomic mass is 16.6. The van der Waals surface area contributed by atoms with Crippen LogP contribution in [0.2, 0.25) is 0 Å². The third kappa shape index (κ3) is 6.15. The average molecular weight is 491 g/mol. The zero-order chi connectivity index (χ0) is 26.5. The Morgan fingerprint density at radius 3 is 2.50 bits per heavy atom. The zero-order valence-corrected chi connectivity index (χ0v) is 21.4. The van der Waals surface area contributed by atoms with Crippen molar-refractivity contribution in [2.75, 3.05) is 25.7 Å². The van der Waals surface area contributed by atoms with Crippen LogP contribution in [0.3, 0.4) is 0 Å². The van der Waals surface area contributed by atoms with Crippen LogP contribution in [0.25, 0.3) is 22.0 Å². The molecule has 2 aromatic carbocycles. The number of aromatic nitrogens is 2. The van der Waals surface area contributed by atoms with Crippen molar-refractivity contribution in [3.63, 3.8) is 0 Å². The molecule has 0 bridgehead atoms. The molecule has 0 aliphatic carbocycles. The summed E-state index contributed by atoms with van der Waals surface area (Å²) in [6, 6.07) is 13.4. The lowest BCUT2D eigenvalue weighted by molar-refractivity contribution is 0.0571. The summed E-state index contributed by atoms with van der Waals surface area (Å²) in [7, 11) is 2.85. The number of amides is 1. The summed E-state index contributed by atoms with van der Waals surface area (Å²) in [5.74, 6) is -1.14. The van der Waals surface area contributed by atoms with Crippen LogP contribution in [0.15, 0.2) is 42.6 Å². The van der Waals surface area contributed by atoms with E-state index in [0.29, 0.717) is 16.9 Å². The van der Waals surface area contributed by atoms with E-state index in [0.717, 1.165) is 16.3 Å². The Hall–Kier alpha value is -4.03. The third-order valence-corrected chi connectivity index (χ3v) is 5.26. The van der Waals surface area contributed by atoms with E-state index in [1.165, 1.54) is 18.2 Å². The molecular formula is C27H30N4O5. The van der Waals surface area contributed by atoms with E-state index >= 15 is 0 Å². The predicted molar refractivity (Wildman–Crippen MR) is 135 cm³/mol. The van der Waals surface area contributed by atoms with Crippen LogP contribution >= 0.6 is 0 Å². The first kappa shape index (κ1) is 26.6. The Bertz CT molecular complexity index is 1310. The van der Waals surface area contributed by atoms with Crippen molar-refractivity contribution in [1.29, 1.82) is 5.26 Å². The fourth-order valence-electron chi connectivity index (χ4n) is 3.70. The Balaban J connectivity index is 2.25. The summed E-state index contributed by atoms with van der Waals surface area (Å²) in [6.45, 7) is 7.51. The molecule has 0 aliphatic rings. The van der Waals surface area contributed by atoms with Gasteiger partial charge in [-0.2, -0.15) is 5.26 Å². The van der Waals surface area contributed by atoms with Crippen LogP contribution in [0.1, 0.15) is 43.9 Å². The quantitative estimate of drug-likeness (QED) is 0.419. The van der Waals surface area contributed by atoms with Gasteiger partial charge in [0.05, 0.1) is 37.1 Å². The molecule has 0 saturated carbocycles. The summed E-state index contributed by atoms with van der Waals surface area (Å²) in [6.07, 6.45) is 0.928. The van der Waals surface area contributed by atoms with Gasteiger partial charge in [0.1, 0.15) is 5.60 Å². The van der Waals surface area contributed by atoms with Crippen LogP contribution in [0.4, 0.5) is 10.5 Å². The van der Waals surface area contributed by atoms with Crippen LogP contribution < -0.4 is 4.90 Å². The van der Waals surface area contributed by atoms with Crippen molar-refractivity contribution in [2.24, 2.45) is 5.92 Å². The van der Waals surface area contributed by atoms with E-state index in [-0.39, 0.29) is 19.0 Å². The zero-order valence-electron chi connectivity index (χ0n) is 21.4. The molecule has 9 heteroatoms. The normalized spacial score (nSPS) is 12.0. The third-order valence-electron chi connectivity index (χ3n) is 5.26. The first-order valence-electron chi connectivity index (χ1n) is 11.4. The van der Waals surface area contributed by atoms with E-state index < -0.39 is 23.6 Å². The maximum Gasteiger partial charge on any atom is 0.414 e. The summed E-state index contributed by atoms with van der Waals surface area (Å²) < 4.78 is 15.9. The molecule has 1 aromatic heterocycles. The standard InChI is InChI=1S/C27H30N4O5/c1-17(14-28)15-31(26(33)36-27(2,3)4)23-20(16-34-5)10-8-18-7-9-19(13-21(18)23)22-11-12-29-24(30-22)25(32)35-6/h7-13,17H,15-16H2,1-6H3. The number of carbonyl (C=O) groups excluding carboxylic acids is 2. The highest BCUT2D eigenvalue weighted by molar-refractivity contribution is 6.04. The van der Waals surface area contributed by atoms with E-state index in [1.807, 2.05) is 30.3 Å². The maximum absolute atomic E-state index is 13.4. The summed E-state index contributed by atoms with van der Waals surface area (Å²) in [5.41, 5.74) is 1.85. The molecule has 0 spiro atoms. The van der Waals surface area contributed by atoms with Crippen molar-refractivity contribution < 1.29 is 23.8 Å². The van der Waals surface area contributed by atoms with Crippen molar-refractivity contribution >= 4 is 28.5 Å². The lowest BCUT2D eigenvalue weighted by atomic mass is 9.99. The second-order valence-corrected chi connectivity index (χ2v) is 9.32. The summed E-state index contributed by atoms with van der Waals surface area (Å²) in [5, 5.41) is 11.1. The number of benzene rings is 2. The van der Waals surface area contributed by atoms with Crippen molar-refractivity contribution in [3.8, 4) is 17.3 Å². The number of rotatable bonds is 7. The van der Waals surface area contributed by atoms with Crippen molar-refractivity contribution in [3.05, 3.63) is 54.0 Å². The van der Waals surface area contributed by atoms with Gasteiger partial charge in [-0.25, -0.2) is 19.6 Å². The lowest BCUT2D eigenvalue weighted by Gasteiger charge is -2.30. The fraction of sp³-hybridized carbons (Fsp3) is 0.370. The van der Waals surface area contributed by atoms with Gasteiger partial charge in [0, 0.05) is 36.4 Å². The first-order chi connectivity index (χ1) is 17.1. The number of nitriles is 1. The van der Waals surface area contributed by atoms with Crippen LogP contribution in [-0.4, -0.2) is 48.4 Å². The number of nitrogens with zero attached hydrogens (tertiary/aromatic N) is 4. The van der Waals surface area contributed by atoms with Crippen LogP contribution in [0.5, 0.6) is 0 Å². The number of anilines is 1. The molecule has 0 radical (unpaired) electrons. The van der Waals surface area contributed by atoms with Crippen LogP contribution in [0, 0.1) is 17.2 Å². The minimum absolute atomic E-state index is 0.0540. The highest BCUT2D eigenvalue weighted by Crippen LogP contribution is 2.35. The second-order valence-electron chi connectivity index (χ2n) is 9.32. The Morgan fingerprint density at radius 1 is 1.14 bits per heavy atom. The molecule has 3 rings (SSSR count). The monoisotopic (exact) mass is 490 g/mol. The van der Waals surface area contributed by atoms with Crippen LogP contribution in [-0.2, 0) is 20.8 Å². The summed E-state index contributed by atoms with van der Waals surface area (Å²) >= 11 is 0. The SMILES string of the molecule is COCc1ccc2ccc(-c3ccnc(C(=O)OC)n3)cc2c1N(CC(C)C#N)C(=O)OC(C)(C)C. The van der Waals surface area contributed by atoms with Gasteiger partial charge in [-0.05, 0) is 45.2 Å². The lowest BCUT2D eigenvalue weighted by Crippen LogP contribution is -2.40. The number of hydrogen-bond acceptors (Lipinski definition) is 8. The molecule has 0 fully saturated rings. The number of ether oxygens (including phenoxy) is 3. The molecule has 1 amide bonds. The fourth-order valence-corrected chi connectivity index (χ4v) is 3.70. The number of carbonyl (C=O) groups is 2. The minimum Gasteiger partial charge on any atom is -0.463 e. The number of esters is 1. The Kier molecular flexibility index (Phi) is 8.22. The molecule has 1 atom stereocenters. The molecule has 36 heavy (non-hydrogen) atoms. The molecule has 1 unspecified atom stereocenters. The van der Waals surface area contributed by atoms with Crippen molar-refractivity contribution in [1.82, 2.24) is 9.97 Å². The average Bonchev–Trinajstić information content (AvgIpc) is 2.85. The first-order valence-corrected chi connectivity index (χ1v) is 11.4. The van der Waals surface area contributed by atoms with Gasteiger partial charge >= 0.3 is 12.1 Å². The van der Waals surface area contributed by atoms with Gasteiger partial charge < -0.3 is 14.2 Å². The smallest absolute Gasteiger partial charge is 0.414 e. The number of hydrogen-bond donors (Lipinski definition) is 0. The van der Waals surface area contributed by atoms with E-state index in [2.05, 4.69) is 16.0 Å². The largest absolute Gasteiger partial charge is 0.463 e. The van der Waals surface area contributed by atoms with Gasteiger partial charge in [0.2, 0.25) is 5.82 Å². The minimum atomic E-state index is -0.729. The van der Waals surface area contributed by atoms with Gasteiger partial charge in [-0.15, -0.1) is 0 Å². The van der Waals surface area contributed by atoms with Gasteiger partial charge in [0.25, 0.3) is 0 Å². The molecule has 3 aromatic rings. The number of methoxy groups -OCH3 is 2. The molecule has 0 N–H and O–H groups in total. The maximum atomic E-state index is 13.4. The Morgan fingerprint density at radius 2 is 1.86 bits per heavy atom. The second kappa shape index (κ2) is 11.1. The van der Waals surface area contributed by atoms with Crippen molar-refractivity contribution in [2.45, 2.75) is 39.9 Å². The molecule has 188 valence electrons. The topological polar surface area (TPSA) is 115 Å². The molecular weight excluding hydrogens is 460 g/mol. The predicted octanol–water partition coefficient (Wildman–Crippen LogP) is 5.13.